The highest BCUT2D eigenvalue weighted by molar-refractivity contribution is 5.81. The van der Waals surface area contributed by atoms with Crippen molar-refractivity contribution in [3.8, 4) is 11.3 Å². The lowest BCUT2D eigenvalue weighted by Gasteiger charge is -2.34. The molecule has 3 fully saturated rings. The van der Waals surface area contributed by atoms with Crippen LogP contribution in [0, 0.1) is 6.92 Å². The molecule has 1 atom stereocenters. The summed E-state index contributed by atoms with van der Waals surface area (Å²) >= 11 is 0. The summed E-state index contributed by atoms with van der Waals surface area (Å²) in [7, 11) is 0. The molecule has 0 aromatic carbocycles. The molecule has 0 bridgehead atoms. The molecule has 2 aromatic heterocycles. The molecule has 9 nitrogen and oxygen atoms in total. The van der Waals surface area contributed by atoms with Crippen molar-refractivity contribution >= 4 is 11.9 Å². The SMILES string of the molecule is Cc1cc(-c2cnc(N3CCOCC3)nc2C2CCN(C(=O)[C@H]3CCCO3)CC2)on1. The number of nitrogens with zero attached hydrogens (tertiary/aromatic N) is 5. The summed E-state index contributed by atoms with van der Waals surface area (Å²) in [5, 5.41) is 4.05. The van der Waals surface area contributed by atoms with Crippen LogP contribution in [0.1, 0.15) is 43.0 Å². The van der Waals surface area contributed by atoms with Gasteiger partial charge in [0.25, 0.3) is 5.91 Å². The van der Waals surface area contributed by atoms with Crippen molar-refractivity contribution in [3.05, 3.63) is 23.7 Å². The molecule has 3 aliphatic rings. The second-order valence-electron chi connectivity index (χ2n) is 8.50. The van der Waals surface area contributed by atoms with Gasteiger partial charge in [0.05, 0.1) is 30.2 Å². The number of hydrogen-bond donors (Lipinski definition) is 0. The summed E-state index contributed by atoms with van der Waals surface area (Å²) in [5.41, 5.74) is 2.70. The number of morpholine rings is 1. The molecule has 5 heterocycles. The van der Waals surface area contributed by atoms with Gasteiger partial charge in [0.1, 0.15) is 6.10 Å². The number of piperidine rings is 1. The summed E-state index contributed by atoms with van der Waals surface area (Å²) in [4.78, 5) is 26.5. The van der Waals surface area contributed by atoms with E-state index in [-0.39, 0.29) is 17.9 Å². The van der Waals surface area contributed by atoms with Crippen LogP contribution < -0.4 is 4.90 Å². The molecule has 2 aromatic rings. The predicted octanol–water partition coefficient (Wildman–Crippen LogP) is 2.16. The summed E-state index contributed by atoms with van der Waals surface area (Å²) in [6.45, 7) is 6.98. The minimum atomic E-state index is -0.253. The zero-order valence-electron chi connectivity index (χ0n) is 18.0. The number of rotatable bonds is 4. The van der Waals surface area contributed by atoms with Gasteiger partial charge >= 0.3 is 0 Å². The number of aryl methyl sites for hydroxylation is 1. The van der Waals surface area contributed by atoms with E-state index >= 15 is 0 Å². The molecule has 3 aliphatic heterocycles. The smallest absolute Gasteiger partial charge is 0.251 e. The molecule has 0 radical (unpaired) electrons. The number of hydrogen-bond acceptors (Lipinski definition) is 8. The van der Waals surface area contributed by atoms with Crippen LogP contribution in [0.4, 0.5) is 5.95 Å². The Balaban J connectivity index is 1.37. The molecular formula is C22H29N5O4. The predicted molar refractivity (Wildman–Crippen MR) is 113 cm³/mol. The first-order valence-corrected chi connectivity index (χ1v) is 11.2. The Morgan fingerprint density at radius 2 is 1.90 bits per heavy atom. The second kappa shape index (κ2) is 8.92. The number of ether oxygens (including phenoxy) is 2. The minimum Gasteiger partial charge on any atom is -0.378 e. The first-order valence-electron chi connectivity index (χ1n) is 11.2. The fourth-order valence-electron chi connectivity index (χ4n) is 4.64. The van der Waals surface area contributed by atoms with E-state index in [1.54, 1.807) is 0 Å². The van der Waals surface area contributed by atoms with E-state index in [1.807, 2.05) is 24.1 Å². The van der Waals surface area contributed by atoms with Gasteiger partial charge in [-0.1, -0.05) is 5.16 Å². The van der Waals surface area contributed by atoms with E-state index in [4.69, 9.17) is 19.0 Å². The van der Waals surface area contributed by atoms with Gasteiger partial charge in [-0.15, -0.1) is 0 Å². The Morgan fingerprint density at radius 3 is 2.58 bits per heavy atom. The number of carbonyl (C=O) groups excluding carboxylic acids is 1. The summed E-state index contributed by atoms with van der Waals surface area (Å²) < 4.78 is 16.6. The van der Waals surface area contributed by atoms with Gasteiger partial charge < -0.3 is 23.8 Å². The second-order valence-corrected chi connectivity index (χ2v) is 8.50. The Morgan fingerprint density at radius 1 is 1.10 bits per heavy atom. The number of aromatic nitrogens is 3. The van der Waals surface area contributed by atoms with Gasteiger partial charge in [0.15, 0.2) is 5.76 Å². The first-order chi connectivity index (χ1) is 15.2. The van der Waals surface area contributed by atoms with Gasteiger partial charge in [-0.3, -0.25) is 4.79 Å². The van der Waals surface area contributed by atoms with Gasteiger partial charge in [0.2, 0.25) is 5.95 Å². The molecule has 0 N–H and O–H groups in total. The molecule has 1 amide bonds. The average Bonchev–Trinajstić information content (AvgIpc) is 3.51. The lowest BCUT2D eigenvalue weighted by Crippen LogP contribution is -2.43. The largest absolute Gasteiger partial charge is 0.378 e. The number of carbonyl (C=O) groups is 1. The van der Waals surface area contributed by atoms with E-state index in [1.165, 1.54) is 0 Å². The topological polar surface area (TPSA) is 93.8 Å². The Labute approximate surface area is 181 Å². The summed E-state index contributed by atoms with van der Waals surface area (Å²) in [6.07, 6.45) is 5.13. The van der Waals surface area contributed by atoms with Crippen LogP contribution in [0.15, 0.2) is 16.8 Å². The molecule has 0 saturated carbocycles. The van der Waals surface area contributed by atoms with Gasteiger partial charge in [-0.05, 0) is 32.6 Å². The van der Waals surface area contributed by atoms with Crippen LogP contribution in [-0.2, 0) is 14.3 Å². The van der Waals surface area contributed by atoms with Crippen molar-refractivity contribution in [1.82, 2.24) is 20.0 Å². The molecule has 31 heavy (non-hydrogen) atoms. The molecule has 0 aliphatic carbocycles. The molecule has 5 rings (SSSR count). The van der Waals surface area contributed by atoms with Crippen LogP contribution >= 0.6 is 0 Å². The van der Waals surface area contributed by atoms with Crippen molar-refractivity contribution in [2.45, 2.75) is 44.6 Å². The van der Waals surface area contributed by atoms with Crippen LogP contribution in [0.5, 0.6) is 0 Å². The third-order valence-corrected chi connectivity index (χ3v) is 6.39. The van der Waals surface area contributed by atoms with Gasteiger partial charge in [-0.2, -0.15) is 0 Å². The van der Waals surface area contributed by atoms with E-state index in [0.29, 0.717) is 25.6 Å². The van der Waals surface area contributed by atoms with Crippen molar-refractivity contribution < 1.29 is 18.8 Å². The van der Waals surface area contributed by atoms with Gasteiger partial charge in [-0.25, -0.2) is 9.97 Å². The lowest BCUT2D eigenvalue weighted by atomic mass is 9.90. The average molecular weight is 428 g/mol. The summed E-state index contributed by atoms with van der Waals surface area (Å²) in [6, 6.07) is 1.92. The Kier molecular flexibility index (Phi) is 5.87. The van der Waals surface area contributed by atoms with Crippen molar-refractivity contribution in [2.75, 3.05) is 50.9 Å². The molecule has 9 heteroatoms. The maximum absolute atomic E-state index is 12.7. The third kappa shape index (κ3) is 4.29. The first kappa shape index (κ1) is 20.4. The fraction of sp³-hybridized carbons (Fsp3) is 0.636. The minimum absolute atomic E-state index is 0.138. The van der Waals surface area contributed by atoms with Crippen molar-refractivity contribution in [3.63, 3.8) is 0 Å². The third-order valence-electron chi connectivity index (χ3n) is 6.39. The van der Waals surface area contributed by atoms with Crippen LogP contribution in [0.2, 0.25) is 0 Å². The van der Waals surface area contributed by atoms with Gasteiger partial charge in [0, 0.05) is 51.0 Å². The maximum Gasteiger partial charge on any atom is 0.251 e. The van der Waals surface area contributed by atoms with Crippen LogP contribution in [-0.4, -0.2) is 78.0 Å². The molecule has 0 unspecified atom stereocenters. The number of likely N-dealkylation sites (tertiary alicyclic amines) is 1. The normalized spacial score (nSPS) is 22.8. The highest BCUT2D eigenvalue weighted by Crippen LogP contribution is 2.35. The molecule has 166 valence electrons. The number of amides is 1. The zero-order chi connectivity index (χ0) is 21.2. The quantitative estimate of drug-likeness (QED) is 0.733. The highest BCUT2D eigenvalue weighted by Gasteiger charge is 2.33. The van der Waals surface area contributed by atoms with Crippen molar-refractivity contribution in [2.24, 2.45) is 0 Å². The number of anilines is 1. The van der Waals surface area contributed by atoms with E-state index in [9.17, 15) is 4.79 Å². The summed E-state index contributed by atoms with van der Waals surface area (Å²) in [5.74, 6) is 1.80. The standard InChI is InChI=1S/C22H29N5O4/c1-15-13-19(31-25-15)17-14-23-22(27-8-11-29-12-9-27)24-20(17)16-4-6-26(7-5-16)21(28)18-3-2-10-30-18/h13-14,16,18H,2-12H2,1H3/t18-/m1/s1. The lowest BCUT2D eigenvalue weighted by molar-refractivity contribution is -0.142. The highest BCUT2D eigenvalue weighted by atomic mass is 16.5. The van der Waals surface area contributed by atoms with E-state index < -0.39 is 0 Å². The van der Waals surface area contributed by atoms with E-state index in [0.717, 1.165) is 74.8 Å². The van der Waals surface area contributed by atoms with Crippen LogP contribution in [0.3, 0.4) is 0 Å². The van der Waals surface area contributed by atoms with E-state index in [2.05, 4.69) is 15.0 Å². The van der Waals surface area contributed by atoms with Crippen molar-refractivity contribution in [1.29, 1.82) is 0 Å². The zero-order valence-corrected chi connectivity index (χ0v) is 18.0. The fourth-order valence-corrected chi connectivity index (χ4v) is 4.64. The maximum atomic E-state index is 12.7. The van der Waals surface area contributed by atoms with Crippen LogP contribution in [0.25, 0.3) is 11.3 Å². The Hall–Kier alpha value is -2.52. The Bertz CT molecular complexity index is 912. The molecule has 0 spiro atoms. The monoisotopic (exact) mass is 427 g/mol. The molecule has 3 saturated heterocycles. The molecular weight excluding hydrogens is 398 g/mol.